The van der Waals surface area contributed by atoms with Gasteiger partial charge in [0.05, 0.1) is 0 Å². The molecule has 0 aliphatic rings. The van der Waals surface area contributed by atoms with Gasteiger partial charge in [-0.1, -0.05) is 38.5 Å². The van der Waals surface area contributed by atoms with E-state index in [-0.39, 0.29) is 11.5 Å². The molecule has 2 rings (SSSR count). The molecule has 0 fully saturated rings. The lowest BCUT2D eigenvalue weighted by atomic mass is 9.85. The number of hydrogen-bond donors (Lipinski definition) is 1. The molecule has 0 saturated carbocycles. The molecule has 0 aliphatic carbocycles. The third-order valence-corrected chi connectivity index (χ3v) is 3.44. The van der Waals surface area contributed by atoms with Crippen molar-refractivity contribution in [3.63, 3.8) is 0 Å². The molecule has 0 spiro atoms. The van der Waals surface area contributed by atoms with Crippen LogP contribution < -0.4 is 10.5 Å². The largest absolute Gasteiger partial charge is 0.439 e. The van der Waals surface area contributed by atoms with Crippen LogP contribution in [0.2, 0.25) is 0 Å². The van der Waals surface area contributed by atoms with Crippen molar-refractivity contribution in [2.45, 2.75) is 46.1 Å². The second kappa shape index (κ2) is 5.86. The Labute approximate surface area is 127 Å². The Hall–Kier alpha value is -1.87. The lowest BCUT2D eigenvalue weighted by Crippen LogP contribution is -2.13. The van der Waals surface area contributed by atoms with Gasteiger partial charge >= 0.3 is 0 Å². The number of ether oxygens (including phenoxy) is 1. The van der Waals surface area contributed by atoms with Gasteiger partial charge in [0.25, 0.3) is 0 Å². The molecule has 0 aliphatic heterocycles. The van der Waals surface area contributed by atoms with Gasteiger partial charge in [0.1, 0.15) is 5.75 Å². The van der Waals surface area contributed by atoms with E-state index >= 15 is 0 Å². The molecule has 21 heavy (non-hydrogen) atoms. The normalized spacial score (nSPS) is 13.0. The summed E-state index contributed by atoms with van der Waals surface area (Å²) in [6.45, 7) is 10.6. The predicted octanol–water partition coefficient (Wildman–Crippen LogP) is 4.50. The van der Waals surface area contributed by atoms with Crippen LogP contribution in [0.5, 0.6) is 11.6 Å². The molecular formula is C18H24N2O. The molecule has 3 nitrogen and oxygen atoms in total. The van der Waals surface area contributed by atoms with E-state index in [4.69, 9.17) is 10.5 Å². The van der Waals surface area contributed by atoms with E-state index in [2.05, 4.69) is 44.8 Å². The minimum Gasteiger partial charge on any atom is -0.439 e. The Kier molecular flexibility index (Phi) is 4.33. The average molecular weight is 284 g/mol. The second-order valence-electron chi connectivity index (χ2n) is 6.57. The van der Waals surface area contributed by atoms with E-state index in [0.717, 1.165) is 11.3 Å². The number of benzene rings is 1. The summed E-state index contributed by atoms with van der Waals surface area (Å²) < 4.78 is 6.02. The molecule has 1 heterocycles. The maximum Gasteiger partial charge on any atom is 0.219 e. The third kappa shape index (κ3) is 3.82. The molecule has 1 atom stereocenters. The van der Waals surface area contributed by atoms with E-state index in [0.29, 0.717) is 5.88 Å². The van der Waals surface area contributed by atoms with Crippen molar-refractivity contribution >= 4 is 0 Å². The molecule has 1 unspecified atom stereocenters. The van der Waals surface area contributed by atoms with Crippen molar-refractivity contribution < 1.29 is 4.74 Å². The van der Waals surface area contributed by atoms with Crippen molar-refractivity contribution in [1.29, 1.82) is 0 Å². The van der Waals surface area contributed by atoms with Crippen LogP contribution in [0.15, 0.2) is 36.5 Å². The van der Waals surface area contributed by atoms with E-state index < -0.39 is 0 Å². The summed E-state index contributed by atoms with van der Waals surface area (Å²) in [4.78, 5) is 4.28. The van der Waals surface area contributed by atoms with Gasteiger partial charge in [0.2, 0.25) is 5.88 Å². The van der Waals surface area contributed by atoms with E-state index in [1.807, 2.05) is 25.1 Å². The quantitative estimate of drug-likeness (QED) is 0.902. The molecule has 1 aromatic carbocycles. The first kappa shape index (κ1) is 15.5. The lowest BCUT2D eigenvalue weighted by Gasteiger charge is -2.23. The molecule has 0 saturated heterocycles. The van der Waals surface area contributed by atoms with Crippen LogP contribution in [-0.2, 0) is 5.41 Å². The first-order valence-electron chi connectivity index (χ1n) is 7.28. The number of pyridine rings is 1. The zero-order chi connectivity index (χ0) is 15.6. The molecule has 0 radical (unpaired) electrons. The van der Waals surface area contributed by atoms with Crippen LogP contribution in [0.3, 0.4) is 0 Å². The molecule has 1 aromatic heterocycles. The Morgan fingerprint density at radius 1 is 1.14 bits per heavy atom. The third-order valence-electron chi connectivity index (χ3n) is 3.44. The Balaban J connectivity index is 2.38. The second-order valence-corrected chi connectivity index (χ2v) is 6.57. The van der Waals surface area contributed by atoms with E-state index in [1.54, 1.807) is 6.20 Å². The topological polar surface area (TPSA) is 48.1 Å². The average Bonchev–Trinajstić information content (AvgIpc) is 2.40. The summed E-state index contributed by atoms with van der Waals surface area (Å²) in [5.41, 5.74) is 9.35. The monoisotopic (exact) mass is 284 g/mol. The molecule has 2 N–H and O–H groups in total. The first-order chi connectivity index (χ1) is 9.77. The van der Waals surface area contributed by atoms with Crippen LogP contribution in [0.25, 0.3) is 0 Å². The van der Waals surface area contributed by atoms with Gasteiger partial charge in [-0.2, -0.15) is 0 Å². The van der Waals surface area contributed by atoms with Crippen molar-refractivity contribution in [2.75, 3.05) is 0 Å². The summed E-state index contributed by atoms with van der Waals surface area (Å²) in [6.07, 6.45) is 1.74. The van der Waals surface area contributed by atoms with Crippen molar-refractivity contribution in [3.05, 3.63) is 53.2 Å². The summed E-state index contributed by atoms with van der Waals surface area (Å²) in [7, 11) is 0. The van der Waals surface area contributed by atoms with Gasteiger partial charge in [0.15, 0.2) is 0 Å². The van der Waals surface area contributed by atoms with Crippen molar-refractivity contribution in [3.8, 4) is 11.6 Å². The van der Waals surface area contributed by atoms with Crippen LogP contribution in [0.4, 0.5) is 0 Å². The fourth-order valence-electron chi connectivity index (χ4n) is 2.20. The van der Waals surface area contributed by atoms with Crippen molar-refractivity contribution in [1.82, 2.24) is 4.98 Å². The zero-order valence-electron chi connectivity index (χ0n) is 13.5. The van der Waals surface area contributed by atoms with Gasteiger partial charge in [-0.3, -0.25) is 0 Å². The highest BCUT2D eigenvalue weighted by molar-refractivity contribution is 5.43. The molecule has 2 aromatic rings. The fraction of sp³-hybridized carbons (Fsp3) is 0.389. The van der Waals surface area contributed by atoms with Gasteiger partial charge in [0, 0.05) is 23.9 Å². The van der Waals surface area contributed by atoms with Crippen LogP contribution in [0, 0.1) is 6.92 Å². The number of nitrogens with zero attached hydrogens (tertiary/aromatic N) is 1. The number of hydrogen-bond acceptors (Lipinski definition) is 3. The molecule has 112 valence electrons. The smallest absolute Gasteiger partial charge is 0.219 e. The summed E-state index contributed by atoms with van der Waals surface area (Å²) in [5.74, 6) is 1.43. The van der Waals surface area contributed by atoms with Gasteiger partial charge in [-0.25, -0.2) is 4.98 Å². The molecule has 0 bridgehead atoms. The Bertz CT molecular complexity index is 627. The van der Waals surface area contributed by atoms with Crippen molar-refractivity contribution in [2.24, 2.45) is 5.73 Å². The fourth-order valence-corrected chi connectivity index (χ4v) is 2.20. The molecular weight excluding hydrogens is 260 g/mol. The SMILES string of the molecule is Cc1ccc(Oc2cc(C(C)N)ccn2)c(C(C)(C)C)c1. The Morgan fingerprint density at radius 2 is 1.86 bits per heavy atom. The summed E-state index contributed by atoms with van der Waals surface area (Å²) >= 11 is 0. The highest BCUT2D eigenvalue weighted by Crippen LogP contribution is 2.34. The minimum atomic E-state index is -0.0320. The standard InChI is InChI=1S/C18H24N2O/c1-12-6-7-16(15(10-12)18(3,4)5)21-17-11-14(13(2)19)8-9-20-17/h6-11,13H,19H2,1-5H3. The van der Waals surface area contributed by atoms with Crippen LogP contribution in [0.1, 0.15) is 50.4 Å². The predicted molar refractivity (Wildman–Crippen MR) is 86.8 cm³/mol. The zero-order valence-corrected chi connectivity index (χ0v) is 13.5. The highest BCUT2D eigenvalue weighted by atomic mass is 16.5. The Morgan fingerprint density at radius 3 is 2.48 bits per heavy atom. The minimum absolute atomic E-state index is 0.0140. The van der Waals surface area contributed by atoms with Crippen LogP contribution in [-0.4, -0.2) is 4.98 Å². The summed E-state index contributed by atoms with van der Waals surface area (Å²) in [6, 6.07) is 10.0. The van der Waals surface area contributed by atoms with Gasteiger partial charge in [-0.15, -0.1) is 0 Å². The number of aromatic nitrogens is 1. The van der Waals surface area contributed by atoms with Gasteiger partial charge < -0.3 is 10.5 Å². The van der Waals surface area contributed by atoms with Gasteiger partial charge in [-0.05, 0) is 37.0 Å². The van der Waals surface area contributed by atoms with E-state index in [1.165, 1.54) is 11.1 Å². The number of rotatable bonds is 3. The molecule has 3 heteroatoms. The first-order valence-corrected chi connectivity index (χ1v) is 7.28. The highest BCUT2D eigenvalue weighted by Gasteiger charge is 2.20. The lowest BCUT2D eigenvalue weighted by molar-refractivity contribution is 0.438. The maximum atomic E-state index is 6.02. The van der Waals surface area contributed by atoms with Crippen LogP contribution >= 0.6 is 0 Å². The number of nitrogens with two attached hydrogens (primary N) is 1. The maximum absolute atomic E-state index is 6.02. The molecule has 0 amide bonds. The summed E-state index contributed by atoms with van der Waals surface area (Å²) in [5, 5.41) is 0. The number of aryl methyl sites for hydroxylation is 1. The van der Waals surface area contributed by atoms with E-state index in [9.17, 15) is 0 Å².